The average Bonchev–Trinajstić information content (AvgIpc) is 2.48. The Labute approximate surface area is 112 Å². The fraction of sp³-hybridized carbons (Fsp3) is 0.133. The van der Waals surface area contributed by atoms with Crippen molar-refractivity contribution >= 4 is 11.6 Å². The molecule has 0 fully saturated rings. The Balaban J connectivity index is 2.06. The van der Waals surface area contributed by atoms with Gasteiger partial charge in [-0.25, -0.2) is 0 Å². The van der Waals surface area contributed by atoms with Gasteiger partial charge in [0.2, 0.25) is 0 Å². The average molecular weight is 255 g/mol. The Morgan fingerprint density at radius 1 is 0.842 bits per heavy atom. The summed E-state index contributed by atoms with van der Waals surface area (Å²) in [6, 6.07) is 14.7. The molecule has 19 heavy (non-hydrogen) atoms. The monoisotopic (exact) mass is 255 g/mol. The standard InChI is InChI=1S/C15H17N3O/c16-9-11-1-5-13(6-2-11)15(19)18-14-7-3-12(10-17)4-8-14/h1-8H,9-10,16-17H2,(H,18,19). The molecular formula is C15H17N3O. The van der Waals surface area contributed by atoms with Crippen LogP contribution in [0.3, 0.4) is 0 Å². The van der Waals surface area contributed by atoms with E-state index in [-0.39, 0.29) is 5.91 Å². The summed E-state index contributed by atoms with van der Waals surface area (Å²) in [5.41, 5.74) is 14.4. The second-order valence-electron chi connectivity index (χ2n) is 4.26. The third-order valence-electron chi connectivity index (χ3n) is 2.90. The Morgan fingerprint density at radius 2 is 1.32 bits per heavy atom. The van der Waals surface area contributed by atoms with Gasteiger partial charge >= 0.3 is 0 Å². The van der Waals surface area contributed by atoms with Gasteiger partial charge in [-0.2, -0.15) is 0 Å². The second-order valence-corrected chi connectivity index (χ2v) is 4.26. The Hall–Kier alpha value is -2.17. The summed E-state index contributed by atoms with van der Waals surface area (Å²) in [6.07, 6.45) is 0. The summed E-state index contributed by atoms with van der Waals surface area (Å²) in [5.74, 6) is -0.135. The smallest absolute Gasteiger partial charge is 0.255 e. The number of benzene rings is 2. The largest absolute Gasteiger partial charge is 0.326 e. The summed E-state index contributed by atoms with van der Waals surface area (Å²) in [6.45, 7) is 0.969. The van der Waals surface area contributed by atoms with E-state index in [0.717, 1.165) is 16.8 Å². The van der Waals surface area contributed by atoms with E-state index < -0.39 is 0 Å². The lowest BCUT2D eigenvalue weighted by Gasteiger charge is -2.06. The van der Waals surface area contributed by atoms with Gasteiger partial charge in [0.15, 0.2) is 0 Å². The molecule has 0 spiro atoms. The molecule has 2 aromatic rings. The minimum Gasteiger partial charge on any atom is -0.326 e. The number of anilines is 1. The fourth-order valence-corrected chi connectivity index (χ4v) is 1.72. The van der Waals surface area contributed by atoms with Gasteiger partial charge in [-0.15, -0.1) is 0 Å². The van der Waals surface area contributed by atoms with E-state index in [1.807, 2.05) is 36.4 Å². The first kappa shape index (κ1) is 13.3. The van der Waals surface area contributed by atoms with Crippen LogP contribution in [0.15, 0.2) is 48.5 Å². The van der Waals surface area contributed by atoms with E-state index in [4.69, 9.17) is 11.5 Å². The molecule has 0 aliphatic carbocycles. The number of carbonyl (C=O) groups is 1. The van der Waals surface area contributed by atoms with Crippen molar-refractivity contribution in [2.75, 3.05) is 5.32 Å². The van der Waals surface area contributed by atoms with Gasteiger partial charge in [0.25, 0.3) is 5.91 Å². The molecule has 5 N–H and O–H groups in total. The van der Waals surface area contributed by atoms with Crippen LogP contribution in [0.2, 0.25) is 0 Å². The SMILES string of the molecule is NCc1ccc(NC(=O)c2ccc(CN)cc2)cc1. The van der Waals surface area contributed by atoms with E-state index in [9.17, 15) is 4.79 Å². The highest BCUT2D eigenvalue weighted by molar-refractivity contribution is 6.04. The van der Waals surface area contributed by atoms with Gasteiger partial charge in [-0.3, -0.25) is 4.79 Å². The van der Waals surface area contributed by atoms with Crippen LogP contribution in [0.4, 0.5) is 5.69 Å². The number of amides is 1. The van der Waals surface area contributed by atoms with Crippen LogP contribution in [-0.4, -0.2) is 5.91 Å². The molecule has 98 valence electrons. The topological polar surface area (TPSA) is 81.1 Å². The highest BCUT2D eigenvalue weighted by Gasteiger charge is 2.05. The van der Waals surface area contributed by atoms with Crippen molar-refractivity contribution in [3.05, 3.63) is 65.2 Å². The summed E-state index contributed by atoms with van der Waals surface area (Å²) in [7, 11) is 0. The van der Waals surface area contributed by atoms with Crippen LogP contribution in [0, 0.1) is 0 Å². The van der Waals surface area contributed by atoms with Crippen LogP contribution in [-0.2, 0) is 13.1 Å². The zero-order chi connectivity index (χ0) is 13.7. The molecule has 1 amide bonds. The molecule has 0 atom stereocenters. The maximum absolute atomic E-state index is 12.0. The quantitative estimate of drug-likeness (QED) is 0.780. The van der Waals surface area contributed by atoms with Gasteiger partial charge in [0, 0.05) is 24.3 Å². The van der Waals surface area contributed by atoms with Crippen molar-refractivity contribution in [2.45, 2.75) is 13.1 Å². The molecular weight excluding hydrogens is 238 g/mol. The molecule has 2 rings (SSSR count). The van der Waals surface area contributed by atoms with E-state index in [1.54, 1.807) is 12.1 Å². The number of hydrogen-bond acceptors (Lipinski definition) is 3. The summed E-state index contributed by atoms with van der Waals surface area (Å²) >= 11 is 0. The molecule has 4 nitrogen and oxygen atoms in total. The van der Waals surface area contributed by atoms with Gasteiger partial charge in [0.05, 0.1) is 0 Å². The van der Waals surface area contributed by atoms with E-state index in [2.05, 4.69) is 5.32 Å². The Bertz CT molecular complexity index is 547. The van der Waals surface area contributed by atoms with Crippen molar-refractivity contribution in [1.82, 2.24) is 0 Å². The predicted molar refractivity (Wildman–Crippen MR) is 76.6 cm³/mol. The van der Waals surface area contributed by atoms with Crippen LogP contribution >= 0.6 is 0 Å². The molecule has 0 heterocycles. The summed E-state index contributed by atoms with van der Waals surface area (Å²) < 4.78 is 0. The van der Waals surface area contributed by atoms with Gasteiger partial charge in [0.1, 0.15) is 0 Å². The molecule has 0 aromatic heterocycles. The lowest BCUT2D eigenvalue weighted by Crippen LogP contribution is -2.12. The minimum absolute atomic E-state index is 0.135. The molecule has 0 radical (unpaired) electrons. The maximum atomic E-state index is 12.0. The number of carbonyl (C=O) groups excluding carboxylic acids is 1. The van der Waals surface area contributed by atoms with Crippen LogP contribution in [0.5, 0.6) is 0 Å². The van der Waals surface area contributed by atoms with Crippen molar-refractivity contribution in [1.29, 1.82) is 0 Å². The van der Waals surface area contributed by atoms with Gasteiger partial charge in [-0.1, -0.05) is 24.3 Å². The highest BCUT2D eigenvalue weighted by Crippen LogP contribution is 2.11. The van der Waals surface area contributed by atoms with E-state index in [0.29, 0.717) is 18.7 Å². The maximum Gasteiger partial charge on any atom is 0.255 e. The number of nitrogens with one attached hydrogen (secondary N) is 1. The Kier molecular flexibility index (Phi) is 4.28. The molecule has 0 aliphatic rings. The predicted octanol–water partition coefficient (Wildman–Crippen LogP) is 1.86. The fourth-order valence-electron chi connectivity index (χ4n) is 1.72. The number of hydrogen-bond donors (Lipinski definition) is 3. The number of rotatable bonds is 4. The van der Waals surface area contributed by atoms with Crippen LogP contribution in [0.1, 0.15) is 21.5 Å². The molecule has 0 bridgehead atoms. The normalized spacial score (nSPS) is 10.2. The number of nitrogens with two attached hydrogens (primary N) is 2. The third-order valence-corrected chi connectivity index (χ3v) is 2.90. The van der Waals surface area contributed by atoms with Crippen molar-refractivity contribution in [3.8, 4) is 0 Å². The van der Waals surface area contributed by atoms with Crippen molar-refractivity contribution < 1.29 is 4.79 Å². The van der Waals surface area contributed by atoms with E-state index in [1.165, 1.54) is 0 Å². The molecule has 2 aromatic carbocycles. The van der Waals surface area contributed by atoms with Crippen LogP contribution < -0.4 is 16.8 Å². The first-order valence-electron chi connectivity index (χ1n) is 6.12. The minimum atomic E-state index is -0.135. The molecule has 0 saturated heterocycles. The van der Waals surface area contributed by atoms with Gasteiger partial charge < -0.3 is 16.8 Å². The lowest BCUT2D eigenvalue weighted by molar-refractivity contribution is 0.102. The zero-order valence-electron chi connectivity index (χ0n) is 10.6. The zero-order valence-corrected chi connectivity index (χ0v) is 10.6. The first-order chi connectivity index (χ1) is 9.22. The van der Waals surface area contributed by atoms with Crippen molar-refractivity contribution in [3.63, 3.8) is 0 Å². The molecule has 0 saturated carbocycles. The van der Waals surface area contributed by atoms with Crippen LogP contribution in [0.25, 0.3) is 0 Å². The summed E-state index contributed by atoms with van der Waals surface area (Å²) in [4.78, 5) is 12.0. The van der Waals surface area contributed by atoms with E-state index >= 15 is 0 Å². The second kappa shape index (κ2) is 6.13. The Morgan fingerprint density at radius 3 is 1.79 bits per heavy atom. The lowest BCUT2D eigenvalue weighted by atomic mass is 10.1. The summed E-state index contributed by atoms with van der Waals surface area (Å²) in [5, 5.41) is 2.84. The third kappa shape index (κ3) is 3.40. The molecule has 0 aliphatic heterocycles. The molecule has 0 unspecified atom stereocenters. The highest BCUT2D eigenvalue weighted by atomic mass is 16.1. The molecule has 4 heteroatoms. The van der Waals surface area contributed by atoms with Gasteiger partial charge in [-0.05, 0) is 35.4 Å². The van der Waals surface area contributed by atoms with Crippen molar-refractivity contribution in [2.24, 2.45) is 11.5 Å². The first-order valence-corrected chi connectivity index (χ1v) is 6.12.